The van der Waals surface area contributed by atoms with Gasteiger partial charge in [0.05, 0.1) is 25.0 Å². The third-order valence-electron chi connectivity index (χ3n) is 8.02. The molecule has 10 nitrogen and oxygen atoms in total. The lowest BCUT2D eigenvalue weighted by Crippen LogP contribution is -2.42. The van der Waals surface area contributed by atoms with Crippen LogP contribution in [0.1, 0.15) is 50.5 Å². The number of likely N-dealkylation sites (tertiary alicyclic amines) is 1. The Hall–Kier alpha value is -4.01. The fraction of sp³-hybridized carbons (Fsp3) is 0.484. The highest BCUT2D eigenvalue weighted by Crippen LogP contribution is 2.41. The number of fused-ring (bicyclic) bond motifs is 2. The fourth-order valence-corrected chi connectivity index (χ4v) is 5.91. The number of rotatable bonds is 12. The van der Waals surface area contributed by atoms with Crippen molar-refractivity contribution in [1.82, 2.24) is 14.7 Å². The summed E-state index contributed by atoms with van der Waals surface area (Å²) in [6, 6.07) is 8.03. The molecule has 0 aromatic heterocycles. The Labute approximate surface area is 241 Å². The van der Waals surface area contributed by atoms with Crippen LogP contribution in [0.15, 0.2) is 71.5 Å². The van der Waals surface area contributed by atoms with Crippen LogP contribution in [0.3, 0.4) is 0 Å². The molecule has 1 fully saturated rings. The summed E-state index contributed by atoms with van der Waals surface area (Å²) in [6.07, 6.45) is 18.6. The van der Waals surface area contributed by atoms with Crippen molar-refractivity contribution in [2.24, 2.45) is 11.0 Å². The Kier molecular flexibility index (Phi) is 9.78. The van der Waals surface area contributed by atoms with Gasteiger partial charge in [0.15, 0.2) is 6.73 Å². The molecule has 10 heteroatoms. The maximum Gasteiger partial charge on any atom is 0.510 e. The number of amides is 1. The molecule has 0 radical (unpaired) electrons. The molecule has 1 amide bonds. The van der Waals surface area contributed by atoms with Crippen molar-refractivity contribution in [3.05, 3.63) is 72.0 Å². The van der Waals surface area contributed by atoms with E-state index < -0.39 is 6.16 Å². The normalized spacial score (nSPS) is 22.4. The first-order chi connectivity index (χ1) is 20.2. The second-order valence-electron chi connectivity index (χ2n) is 10.8. The maximum absolute atomic E-state index is 13.7. The van der Waals surface area contributed by atoms with Crippen LogP contribution in [-0.2, 0) is 14.3 Å². The molecule has 1 aromatic carbocycles. The Bertz CT molecular complexity index is 1270. The van der Waals surface area contributed by atoms with Gasteiger partial charge in [0.2, 0.25) is 4.91 Å². The predicted molar refractivity (Wildman–Crippen MR) is 156 cm³/mol. The summed E-state index contributed by atoms with van der Waals surface area (Å²) < 4.78 is 10.7. The number of allylic oxidation sites excluding steroid dienone is 3. The van der Waals surface area contributed by atoms with Crippen molar-refractivity contribution in [2.45, 2.75) is 51.0 Å². The Morgan fingerprint density at radius 2 is 1.85 bits per heavy atom. The molecule has 2 unspecified atom stereocenters. The van der Waals surface area contributed by atoms with E-state index in [4.69, 9.17) is 15.0 Å². The second-order valence-corrected chi connectivity index (χ2v) is 10.8. The maximum atomic E-state index is 13.7. The monoisotopic (exact) mass is 559 g/mol. The van der Waals surface area contributed by atoms with Crippen LogP contribution in [0.4, 0.5) is 10.5 Å². The molecule has 3 aliphatic heterocycles. The molecular weight excluding hydrogens is 520 g/mol. The van der Waals surface area contributed by atoms with Crippen molar-refractivity contribution in [1.29, 1.82) is 5.53 Å². The summed E-state index contributed by atoms with van der Waals surface area (Å²) in [5.41, 5.74) is 10.3. The van der Waals surface area contributed by atoms with Crippen LogP contribution < -0.4 is 9.81 Å². The SMILES string of the molecule is N=[N+]=NCCCCCCOC(=O)OCN1C=C(/C=C2\C(=O)N(CN3CCCCC3)c3ccccc32)C2C=CC=CC21. The van der Waals surface area contributed by atoms with Crippen molar-refractivity contribution >= 4 is 23.3 Å². The zero-order valence-electron chi connectivity index (χ0n) is 23.5. The smallest absolute Gasteiger partial charge is 0.434 e. The van der Waals surface area contributed by atoms with E-state index in [1.807, 2.05) is 58.5 Å². The first kappa shape index (κ1) is 28.5. The number of nitrogens with zero attached hydrogens (tertiary/aromatic N) is 5. The molecule has 0 spiro atoms. The highest BCUT2D eigenvalue weighted by atomic mass is 16.7. The highest BCUT2D eigenvalue weighted by molar-refractivity contribution is 6.32. The van der Waals surface area contributed by atoms with E-state index in [1.165, 1.54) is 19.3 Å². The fourth-order valence-electron chi connectivity index (χ4n) is 5.91. The van der Waals surface area contributed by atoms with Gasteiger partial charge in [-0.25, -0.2) is 4.79 Å². The summed E-state index contributed by atoms with van der Waals surface area (Å²) in [4.78, 5) is 35.2. The standard InChI is InChI=1S/C31H39N6O4/c32-34-33-16-8-1-2-11-19-40-31(39)41-23-36-21-24(25-12-4-6-14-28(25)36)20-27-26-13-5-7-15-29(26)37(30(27)38)22-35-17-9-3-10-18-35/h4-7,12-15,20-21,25,28,32H,1-3,8-11,16-19,22-23H2/q+1/b27-20-. The molecule has 5 rings (SSSR count). The number of unbranched alkanes of at least 4 members (excludes halogenated alkanes) is 3. The van der Waals surface area contributed by atoms with Crippen molar-refractivity contribution in [3.63, 3.8) is 0 Å². The van der Waals surface area contributed by atoms with Crippen LogP contribution in [0.25, 0.3) is 5.57 Å². The lowest BCUT2D eigenvalue weighted by molar-refractivity contribution is -0.113. The zero-order valence-corrected chi connectivity index (χ0v) is 23.5. The van der Waals surface area contributed by atoms with E-state index >= 15 is 0 Å². The zero-order chi connectivity index (χ0) is 28.4. The molecule has 216 valence electrons. The number of para-hydroxylation sites is 1. The lowest BCUT2D eigenvalue weighted by atomic mass is 9.89. The molecule has 2 atom stereocenters. The quantitative estimate of drug-likeness (QED) is 0.121. The van der Waals surface area contributed by atoms with Crippen LogP contribution in [0.5, 0.6) is 0 Å². The van der Waals surface area contributed by atoms with Crippen molar-refractivity contribution < 1.29 is 19.1 Å². The van der Waals surface area contributed by atoms with Crippen LogP contribution in [0.2, 0.25) is 0 Å². The number of ether oxygens (including phenoxy) is 2. The minimum atomic E-state index is -0.687. The van der Waals surface area contributed by atoms with Gasteiger partial charge >= 0.3 is 6.16 Å². The van der Waals surface area contributed by atoms with Gasteiger partial charge in [-0.2, -0.15) is 0 Å². The van der Waals surface area contributed by atoms with Gasteiger partial charge in [-0.1, -0.05) is 55.3 Å². The van der Waals surface area contributed by atoms with Gasteiger partial charge in [-0.15, -0.1) is 0 Å². The van der Waals surface area contributed by atoms with Crippen LogP contribution >= 0.6 is 0 Å². The second kappa shape index (κ2) is 14.1. The van der Waals surface area contributed by atoms with Gasteiger partial charge in [0, 0.05) is 23.3 Å². The van der Waals surface area contributed by atoms with E-state index in [9.17, 15) is 9.59 Å². The lowest BCUT2D eigenvalue weighted by Gasteiger charge is -2.30. The first-order valence-corrected chi connectivity index (χ1v) is 14.7. The molecule has 0 bridgehead atoms. The number of carbonyl (C=O) groups excluding carboxylic acids is 2. The largest absolute Gasteiger partial charge is 0.510 e. The highest BCUT2D eigenvalue weighted by Gasteiger charge is 2.37. The molecule has 1 aliphatic carbocycles. The number of nitrogens with one attached hydrogen (secondary N) is 1. The third kappa shape index (κ3) is 7.01. The number of hydrogen-bond acceptors (Lipinski definition) is 8. The van der Waals surface area contributed by atoms with Crippen molar-refractivity contribution in [3.8, 4) is 0 Å². The van der Waals surface area contributed by atoms with Gasteiger partial charge < -0.3 is 14.4 Å². The number of piperidine rings is 1. The topological polar surface area (TPSA) is 113 Å². The molecule has 1 aromatic rings. The summed E-state index contributed by atoms with van der Waals surface area (Å²) in [5.74, 6) is 0.0847. The predicted octanol–water partition coefficient (Wildman–Crippen LogP) is 5.39. The summed E-state index contributed by atoms with van der Waals surface area (Å²) in [6.45, 7) is 3.58. The van der Waals surface area contributed by atoms with E-state index in [-0.39, 0.29) is 24.6 Å². The van der Waals surface area contributed by atoms with Gasteiger partial charge in [-0.3, -0.25) is 14.6 Å². The van der Waals surface area contributed by atoms with Crippen molar-refractivity contribution in [2.75, 3.05) is 44.5 Å². The number of anilines is 1. The summed E-state index contributed by atoms with van der Waals surface area (Å²) in [7, 11) is 0. The summed E-state index contributed by atoms with van der Waals surface area (Å²) >= 11 is 0. The molecule has 4 aliphatic rings. The Morgan fingerprint density at radius 3 is 2.71 bits per heavy atom. The minimum absolute atomic E-state index is 0.00304. The molecule has 0 saturated carbocycles. The van der Waals surface area contributed by atoms with E-state index in [2.05, 4.69) is 27.1 Å². The van der Waals surface area contributed by atoms with Gasteiger partial charge in [0.1, 0.15) is 17.2 Å². The molecule has 41 heavy (non-hydrogen) atoms. The van der Waals surface area contributed by atoms with Gasteiger partial charge in [0.25, 0.3) is 5.91 Å². The van der Waals surface area contributed by atoms with E-state index in [0.29, 0.717) is 25.4 Å². The Balaban J connectivity index is 1.21. The number of carbonyl (C=O) groups is 2. The van der Waals surface area contributed by atoms with Crippen LogP contribution in [0, 0.1) is 11.4 Å². The molecular formula is C31H39N6O4+. The molecule has 1 N–H and O–H groups in total. The molecule has 1 saturated heterocycles. The van der Waals surface area contributed by atoms with Crippen LogP contribution in [-0.4, -0.2) is 67.5 Å². The average Bonchev–Trinajstić information content (AvgIpc) is 3.48. The third-order valence-corrected chi connectivity index (χ3v) is 8.02. The molecule has 3 heterocycles. The van der Waals surface area contributed by atoms with E-state index in [1.54, 1.807) is 0 Å². The summed E-state index contributed by atoms with van der Waals surface area (Å²) in [5, 5.41) is 3.62. The minimum Gasteiger partial charge on any atom is -0.434 e. The van der Waals surface area contributed by atoms with Gasteiger partial charge in [-0.05, 0) is 62.9 Å². The Morgan fingerprint density at radius 1 is 1.05 bits per heavy atom. The first-order valence-electron chi connectivity index (χ1n) is 14.7. The number of benzene rings is 1. The average molecular weight is 560 g/mol. The van der Waals surface area contributed by atoms with E-state index in [0.717, 1.165) is 55.6 Å². The number of hydrogen-bond donors (Lipinski definition) is 1.